The van der Waals surface area contributed by atoms with Gasteiger partial charge >= 0.3 is 5.97 Å². The average molecular weight is 259 g/mol. The van der Waals surface area contributed by atoms with Gasteiger partial charge in [0, 0.05) is 12.5 Å². The molecule has 2 aliphatic rings. The molecule has 2 bridgehead atoms. The number of rotatable bonds is 2. The van der Waals surface area contributed by atoms with Crippen LogP contribution in [0, 0.1) is 5.41 Å². The molecular weight excluding hydrogens is 242 g/mol. The maximum atomic E-state index is 12.3. The number of piperidine rings is 1. The number of amides is 1. The van der Waals surface area contributed by atoms with Crippen molar-refractivity contribution < 1.29 is 14.3 Å². The van der Waals surface area contributed by atoms with Crippen LogP contribution in [0.25, 0.3) is 0 Å². The number of carbonyl (C=O) groups is 2. The van der Waals surface area contributed by atoms with E-state index >= 15 is 0 Å². The highest BCUT2D eigenvalue weighted by Crippen LogP contribution is 2.45. The second kappa shape index (κ2) is 4.37. The molecule has 2 atom stereocenters. The van der Waals surface area contributed by atoms with E-state index in [0.29, 0.717) is 26.0 Å². The van der Waals surface area contributed by atoms with E-state index in [0.717, 1.165) is 5.56 Å². The number of ether oxygens (including phenoxy) is 1. The molecule has 0 saturated carbocycles. The minimum atomic E-state index is -1.02. The fourth-order valence-corrected chi connectivity index (χ4v) is 3.28. The molecule has 3 rings (SSSR count). The predicted octanol–water partition coefficient (Wildman–Crippen LogP) is 1.40. The number of carbonyl (C=O) groups excluding carboxylic acids is 2. The van der Waals surface area contributed by atoms with Crippen LogP contribution >= 0.6 is 0 Å². The fraction of sp³-hybridized carbons (Fsp3) is 0.467. The van der Waals surface area contributed by atoms with Crippen molar-refractivity contribution in [2.45, 2.75) is 25.7 Å². The predicted molar refractivity (Wildman–Crippen MR) is 69.6 cm³/mol. The van der Waals surface area contributed by atoms with E-state index in [2.05, 4.69) is 11.4 Å². The molecule has 1 aliphatic heterocycles. The largest absolute Gasteiger partial charge is 0.465 e. The standard InChI is InChI=1S/C15H17NO3/c1-2-19-14(18)15-7-10-5-3-4-6-12(10)11(8-15)9-16-13(15)17/h3-6,11H,2,7-9H2,1H3,(H,16,17)/t11-,15-/m1/s1. The van der Waals surface area contributed by atoms with Crippen LogP contribution in [0.1, 0.15) is 30.4 Å². The van der Waals surface area contributed by atoms with Gasteiger partial charge in [0.05, 0.1) is 6.61 Å². The summed E-state index contributed by atoms with van der Waals surface area (Å²) >= 11 is 0. The van der Waals surface area contributed by atoms with Crippen molar-refractivity contribution in [2.75, 3.05) is 13.2 Å². The van der Waals surface area contributed by atoms with E-state index in [1.54, 1.807) is 6.92 Å². The molecule has 4 heteroatoms. The lowest BCUT2D eigenvalue weighted by molar-refractivity contribution is -0.164. The summed E-state index contributed by atoms with van der Waals surface area (Å²) in [6, 6.07) is 8.06. The highest BCUT2D eigenvalue weighted by Gasteiger charge is 2.54. The Kier molecular flexibility index (Phi) is 2.81. The van der Waals surface area contributed by atoms with Gasteiger partial charge in [-0.3, -0.25) is 9.59 Å². The topological polar surface area (TPSA) is 55.4 Å². The molecule has 1 amide bonds. The minimum Gasteiger partial charge on any atom is -0.465 e. The molecule has 1 aliphatic carbocycles. The highest BCUT2D eigenvalue weighted by atomic mass is 16.5. The van der Waals surface area contributed by atoms with Crippen LogP contribution in [0.3, 0.4) is 0 Å². The molecular formula is C15H17NO3. The Morgan fingerprint density at radius 3 is 3.05 bits per heavy atom. The van der Waals surface area contributed by atoms with E-state index in [4.69, 9.17) is 4.74 Å². The number of nitrogens with one attached hydrogen (secondary N) is 1. The monoisotopic (exact) mass is 259 g/mol. The zero-order valence-electron chi connectivity index (χ0n) is 10.9. The summed E-state index contributed by atoms with van der Waals surface area (Å²) in [5.41, 5.74) is 1.33. The van der Waals surface area contributed by atoms with E-state index in [1.807, 2.05) is 18.2 Å². The summed E-state index contributed by atoms with van der Waals surface area (Å²) in [6.07, 6.45) is 1.01. The molecule has 1 aromatic rings. The van der Waals surface area contributed by atoms with Crippen molar-refractivity contribution in [1.82, 2.24) is 5.32 Å². The molecule has 4 nitrogen and oxygen atoms in total. The lowest BCUT2D eigenvalue weighted by atomic mass is 9.64. The van der Waals surface area contributed by atoms with Gasteiger partial charge in [-0.1, -0.05) is 24.3 Å². The normalized spacial score (nSPS) is 28.3. The first-order valence-corrected chi connectivity index (χ1v) is 6.70. The van der Waals surface area contributed by atoms with Gasteiger partial charge in [-0.2, -0.15) is 0 Å². The average Bonchev–Trinajstić information content (AvgIpc) is 2.43. The molecule has 1 heterocycles. The molecule has 0 aromatic heterocycles. The molecule has 0 radical (unpaired) electrons. The van der Waals surface area contributed by atoms with E-state index in [9.17, 15) is 9.59 Å². The van der Waals surface area contributed by atoms with Crippen LogP contribution in [0.15, 0.2) is 24.3 Å². The summed E-state index contributed by atoms with van der Waals surface area (Å²) in [4.78, 5) is 24.5. The highest BCUT2D eigenvalue weighted by molar-refractivity contribution is 6.04. The van der Waals surface area contributed by atoms with Gasteiger partial charge in [0.15, 0.2) is 5.41 Å². The van der Waals surface area contributed by atoms with Crippen molar-refractivity contribution in [3.63, 3.8) is 0 Å². The first-order chi connectivity index (χ1) is 9.17. The minimum absolute atomic E-state index is 0.184. The molecule has 1 fully saturated rings. The van der Waals surface area contributed by atoms with E-state index in [-0.39, 0.29) is 17.8 Å². The summed E-state index contributed by atoms with van der Waals surface area (Å²) in [5.74, 6) is -0.351. The Morgan fingerprint density at radius 1 is 1.47 bits per heavy atom. The summed E-state index contributed by atoms with van der Waals surface area (Å²) in [6.45, 7) is 2.68. The Labute approximate surface area is 112 Å². The number of benzene rings is 1. The van der Waals surface area contributed by atoms with Gasteiger partial charge in [-0.15, -0.1) is 0 Å². The van der Waals surface area contributed by atoms with Gasteiger partial charge in [-0.25, -0.2) is 0 Å². The van der Waals surface area contributed by atoms with Crippen LogP contribution in [-0.2, 0) is 20.7 Å². The van der Waals surface area contributed by atoms with Gasteiger partial charge in [0.2, 0.25) is 5.91 Å². The Balaban J connectivity index is 2.05. The molecule has 0 unspecified atom stereocenters. The number of fused-ring (bicyclic) bond motifs is 4. The Bertz CT molecular complexity index is 540. The molecule has 19 heavy (non-hydrogen) atoms. The van der Waals surface area contributed by atoms with Crippen LogP contribution in [-0.4, -0.2) is 25.0 Å². The van der Waals surface area contributed by atoms with E-state index < -0.39 is 5.41 Å². The number of esters is 1. The third kappa shape index (κ3) is 1.74. The second-order valence-corrected chi connectivity index (χ2v) is 5.29. The van der Waals surface area contributed by atoms with Crippen LogP contribution in [0.2, 0.25) is 0 Å². The first kappa shape index (κ1) is 12.2. The quantitative estimate of drug-likeness (QED) is 0.645. The van der Waals surface area contributed by atoms with Crippen molar-refractivity contribution in [2.24, 2.45) is 5.41 Å². The van der Waals surface area contributed by atoms with Crippen molar-refractivity contribution in [3.8, 4) is 0 Å². The zero-order valence-corrected chi connectivity index (χ0v) is 10.9. The summed E-state index contributed by atoms with van der Waals surface area (Å²) < 4.78 is 5.14. The van der Waals surface area contributed by atoms with Crippen LogP contribution in [0.5, 0.6) is 0 Å². The number of hydrogen-bond donors (Lipinski definition) is 1. The van der Waals surface area contributed by atoms with Crippen molar-refractivity contribution >= 4 is 11.9 Å². The Morgan fingerprint density at radius 2 is 2.26 bits per heavy atom. The van der Waals surface area contributed by atoms with Gasteiger partial charge in [0.1, 0.15) is 0 Å². The van der Waals surface area contributed by atoms with Gasteiger partial charge < -0.3 is 10.1 Å². The first-order valence-electron chi connectivity index (χ1n) is 6.70. The molecule has 1 aromatic carbocycles. The van der Waals surface area contributed by atoms with Crippen molar-refractivity contribution in [3.05, 3.63) is 35.4 Å². The van der Waals surface area contributed by atoms with Crippen LogP contribution in [0.4, 0.5) is 0 Å². The lowest BCUT2D eigenvalue weighted by Gasteiger charge is -2.43. The Hall–Kier alpha value is -1.84. The SMILES string of the molecule is CCOC(=O)[C@@]12Cc3ccccc3[C@@H](CNC1=O)C2. The lowest BCUT2D eigenvalue weighted by Crippen LogP contribution is -2.56. The molecule has 100 valence electrons. The zero-order chi connectivity index (χ0) is 13.5. The second-order valence-electron chi connectivity index (χ2n) is 5.29. The molecule has 1 N–H and O–H groups in total. The van der Waals surface area contributed by atoms with Crippen LogP contribution < -0.4 is 5.32 Å². The fourth-order valence-electron chi connectivity index (χ4n) is 3.28. The van der Waals surface area contributed by atoms with Gasteiger partial charge in [-0.05, 0) is 30.9 Å². The number of hydrogen-bond acceptors (Lipinski definition) is 3. The van der Waals surface area contributed by atoms with Crippen molar-refractivity contribution in [1.29, 1.82) is 0 Å². The maximum absolute atomic E-state index is 12.3. The van der Waals surface area contributed by atoms with Gasteiger partial charge in [0.25, 0.3) is 0 Å². The van der Waals surface area contributed by atoms with E-state index in [1.165, 1.54) is 5.56 Å². The third-order valence-corrected chi connectivity index (χ3v) is 4.19. The third-order valence-electron chi connectivity index (χ3n) is 4.19. The molecule has 1 saturated heterocycles. The maximum Gasteiger partial charge on any atom is 0.322 e. The smallest absolute Gasteiger partial charge is 0.322 e. The summed E-state index contributed by atoms with van der Waals surface area (Å²) in [5, 5.41) is 2.87. The molecule has 0 spiro atoms. The summed E-state index contributed by atoms with van der Waals surface area (Å²) in [7, 11) is 0.